The van der Waals surface area contributed by atoms with Crippen LogP contribution in [0.1, 0.15) is 15.9 Å². The van der Waals surface area contributed by atoms with E-state index < -0.39 is 22.3 Å². The van der Waals surface area contributed by atoms with E-state index in [9.17, 15) is 23.7 Å². The van der Waals surface area contributed by atoms with Crippen molar-refractivity contribution in [2.24, 2.45) is 0 Å². The van der Waals surface area contributed by atoms with Crippen molar-refractivity contribution < 1.29 is 18.5 Å². The van der Waals surface area contributed by atoms with Gasteiger partial charge in [0.15, 0.2) is 5.78 Å². The number of nitrogens with zero attached hydrogens (tertiary/aromatic N) is 1. The molecule has 7 heteroatoms. The highest BCUT2D eigenvalue weighted by atomic mass is 35.5. The minimum atomic E-state index is -0.847. The number of Topliss-reactive ketones (excluding diaryl/α,β-unsaturated/α-hetero) is 1. The number of rotatable bonds is 4. The Hall–Kier alpha value is -2.34. The molecule has 2 rings (SSSR count). The van der Waals surface area contributed by atoms with E-state index in [4.69, 9.17) is 11.6 Å². The first-order valence-electron chi connectivity index (χ1n) is 5.79. The zero-order chi connectivity index (χ0) is 15.6. The third-order valence-electron chi connectivity index (χ3n) is 2.78. The van der Waals surface area contributed by atoms with E-state index in [0.717, 1.165) is 24.3 Å². The SMILES string of the molecule is O=C(Cc1ccc(F)cc1F)c1cc(Cl)cc([N+](=O)[O-])c1. The van der Waals surface area contributed by atoms with Gasteiger partial charge in [0.25, 0.3) is 5.69 Å². The van der Waals surface area contributed by atoms with Crippen LogP contribution in [-0.2, 0) is 6.42 Å². The Morgan fingerprint density at radius 2 is 1.90 bits per heavy atom. The summed E-state index contributed by atoms with van der Waals surface area (Å²) < 4.78 is 26.3. The third-order valence-corrected chi connectivity index (χ3v) is 3.00. The molecule has 0 heterocycles. The molecule has 2 aromatic rings. The molecule has 0 unspecified atom stereocenters. The van der Waals surface area contributed by atoms with E-state index in [-0.39, 0.29) is 28.3 Å². The number of nitro groups is 1. The summed E-state index contributed by atoms with van der Waals surface area (Å²) in [5.41, 5.74) is -0.326. The van der Waals surface area contributed by atoms with Gasteiger partial charge >= 0.3 is 0 Å². The van der Waals surface area contributed by atoms with Crippen LogP contribution in [-0.4, -0.2) is 10.7 Å². The average molecular weight is 312 g/mol. The Balaban J connectivity index is 2.30. The largest absolute Gasteiger partial charge is 0.294 e. The van der Waals surface area contributed by atoms with Gasteiger partial charge in [-0.2, -0.15) is 0 Å². The smallest absolute Gasteiger partial charge is 0.271 e. The molecular formula is C14H8ClF2NO3. The molecule has 0 saturated carbocycles. The van der Waals surface area contributed by atoms with Crippen molar-refractivity contribution in [3.05, 3.63) is 74.3 Å². The maximum atomic E-state index is 13.5. The number of carbonyl (C=O) groups excluding carboxylic acids is 1. The summed E-state index contributed by atoms with van der Waals surface area (Å²) in [5.74, 6) is -2.15. The lowest BCUT2D eigenvalue weighted by molar-refractivity contribution is -0.384. The van der Waals surface area contributed by atoms with Gasteiger partial charge in [-0.15, -0.1) is 0 Å². The molecule has 0 saturated heterocycles. The maximum absolute atomic E-state index is 13.5. The monoisotopic (exact) mass is 311 g/mol. The zero-order valence-electron chi connectivity index (χ0n) is 10.5. The Bertz CT molecular complexity index is 734. The van der Waals surface area contributed by atoms with Crippen LogP contribution in [0.4, 0.5) is 14.5 Å². The molecule has 0 N–H and O–H groups in total. The Morgan fingerprint density at radius 1 is 1.19 bits per heavy atom. The molecule has 0 fully saturated rings. The Kier molecular flexibility index (Phi) is 4.28. The van der Waals surface area contributed by atoms with Crippen molar-refractivity contribution >= 4 is 23.1 Å². The van der Waals surface area contributed by atoms with Crippen molar-refractivity contribution in [3.8, 4) is 0 Å². The lowest BCUT2D eigenvalue weighted by atomic mass is 10.0. The first-order valence-corrected chi connectivity index (χ1v) is 6.16. The van der Waals surface area contributed by atoms with Crippen LogP contribution in [0.3, 0.4) is 0 Å². The van der Waals surface area contributed by atoms with Gasteiger partial charge in [0.1, 0.15) is 11.6 Å². The van der Waals surface area contributed by atoms with E-state index in [0.29, 0.717) is 6.07 Å². The molecule has 0 aliphatic heterocycles. The number of hydrogen-bond donors (Lipinski definition) is 0. The molecule has 108 valence electrons. The number of halogens is 3. The Labute approximate surface area is 123 Å². The van der Waals surface area contributed by atoms with Gasteiger partial charge in [-0.25, -0.2) is 8.78 Å². The molecule has 0 spiro atoms. The van der Waals surface area contributed by atoms with Crippen molar-refractivity contribution in [2.45, 2.75) is 6.42 Å². The molecular weight excluding hydrogens is 304 g/mol. The summed E-state index contributed by atoms with van der Waals surface area (Å²) in [5, 5.41) is 10.7. The second-order valence-corrected chi connectivity index (χ2v) is 4.73. The van der Waals surface area contributed by atoms with E-state index in [1.165, 1.54) is 6.07 Å². The minimum Gasteiger partial charge on any atom is -0.294 e. The normalized spacial score (nSPS) is 10.4. The molecule has 0 bridgehead atoms. The number of hydrogen-bond acceptors (Lipinski definition) is 3. The van der Waals surface area contributed by atoms with Crippen LogP contribution in [0.2, 0.25) is 5.02 Å². The molecule has 0 aliphatic carbocycles. The number of ketones is 1. The molecule has 0 atom stereocenters. The summed E-state index contributed by atoms with van der Waals surface area (Å²) >= 11 is 5.71. The van der Waals surface area contributed by atoms with Crippen molar-refractivity contribution in [3.63, 3.8) is 0 Å². The predicted octanol–water partition coefficient (Wildman–Crippen LogP) is 3.95. The van der Waals surface area contributed by atoms with Crippen molar-refractivity contribution in [1.29, 1.82) is 0 Å². The van der Waals surface area contributed by atoms with Gasteiger partial charge in [-0.05, 0) is 17.7 Å². The topological polar surface area (TPSA) is 60.2 Å². The maximum Gasteiger partial charge on any atom is 0.271 e. The van der Waals surface area contributed by atoms with Crippen LogP contribution in [0.15, 0.2) is 36.4 Å². The highest BCUT2D eigenvalue weighted by Gasteiger charge is 2.16. The summed E-state index contributed by atoms with van der Waals surface area (Å²) in [6, 6.07) is 6.29. The lowest BCUT2D eigenvalue weighted by Crippen LogP contribution is -2.06. The fourth-order valence-corrected chi connectivity index (χ4v) is 2.01. The van der Waals surface area contributed by atoms with Crippen LogP contribution >= 0.6 is 11.6 Å². The number of non-ortho nitro benzene ring substituents is 1. The summed E-state index contributed by atoms with van der Waals surface area (Å²) in [7, 11) is 0. The highest BCUT2D eigenvalue weighted by molar-refractivity contribution is 6.31. The number of nitro benzene ring substituents is 1. The molecule has 0 aliphatic rings. The first-order chi connectivity index (χ1) is 9.86. The van der Waals surface area contributed by atoms with Gasteiger partial charge < -0.3 is 0 Å². The van der Waals surface area contributed by atoms with Crippen molar-refractivity contribution in [1.82, 2.24) is 0 Å². The summed E-state index contributed by atoms with van der Waals surface area (Å²) in [6.45, 7) is 0. The molecule has 2 aromatic carbocycles. The van der Waals surface area contributed by atoms with Crippen LogP contribution < -0.4 is 0 Å². The van der Waals surface area contributed by atoms with E-state index in [1.54, 1.807) is 0 Å². The molecule has 0 amide bonds. The van der Waals surface area contributed by atoms with Gasteiger partial charge in [-0.1, -0.05) is 17.7 Å². The van der Waals surface area contributed by atoms with E-state index in [1.807, 2.05) is 0 Å². The second kappa shape index (κ2) is 5.97. The first kappa shape index (κ1) is 15.1. The fourth-order valence-electron chi connectivity index (χ4n) is 1.78. The van der Waals surface area contributed by atoms with Gasteiger partial charge in [0.05, 0.1) is 4.92 Å². The van der Waals surface area contributed by atoms with Gasteiger partial charge in [-0.3, -0.25) is 14.9 Å². The number of carbonyl (C=O) groups is 1. The van der Waals surface area contributed by atoms with Crippen molar-refractivity contribution in [2.75, 3.05) is 0 Å². The van der Waals surface area contributed by atoms with Gasteiger partial charge in [0.2, 0.25) is 0 Å². The summed E-state index contributed by atoms with van der Waals surface area (Å²) in [6.07, 6.45) is -0.344. The lowest BCUT2D eigenvalue weighted by Gasteiger charge is -2.04. The fraction of sp³-hybridized carbons (Fsp3) is 0.0714. The standard InChI is InChI=1S/C14H8ClF2NO3/c15-10-3-9(4-12(6-10)18(20)21)14(19)5-8-1-2-11(16)7-13(8)17/h1-4,6-7H,5H2. The van der Waals surface area contributed by atoms with E-state index in [2.05, 4.69) is 0 Å². The average Bonchev–Trinajstić information content (AvgIpc) is 2.41. The molecule has 0 radical (unpaired) electrons. The van der Waals surface area contributed by atoms with Crippen LogP contribution in [0.5, 0.6) is 0 Å². The van der Waals surface area contributed by atoms with Gasteiger partial charge in [0, 0.05) is 35.2 Å². The predicted molar refractivity (Wildman–Crippen MR) is 72.5 cm³/mol. The molecule has 4 nitrogen and oxygen atoms in total. The second-order valence-electron chi connectivity index (χ2n) is 4.29. The van der Waals surface area contributed by atoms with Crippen LogP contribution in [0.25, 0.3) is 0 Å². The molecule has 0 aromatic heterocycles. The van der Waals surface area contributed by atoms with Crippen LogP contribution in [0, 0.1) is 21.7 Å². The Morgan fingerprint density at radius 3 is 2.52 bits per heavy atom. The quantitative estimate of drug-likeness (QED) is 0.488. The third kappa shape index (κ3) is 3.61. The molecule has 21 heavy (non-hydrogen) atoms. The highest BCUT2D eigenvalue weighted by Crippen LogP contribution is 2.22. The van der Waals surface area contributed by atoms with E-state index >= 15 is 0 Å². The zero-order valence-corrected chi connectivity index (χ0v) is 11.2. The minimum absolute atomic E-state index is 0.00192. The summed E-state index contributed by atoms with van der Waals surface area (Å²) in [4.78, 5) is 22.1. The number of benzene rings is 2.